The Balaban J connectivity index is 1.87. The van der Waals surface area contributed by atoms with Crippen LogP contribution in [-0.2, 0) is 10.0 Å². The van der Waals surface area contributed by atoms with Crippen LogP contribution in [0, 0.1) is 5.82 Å². The smallest absolute Gasteiger partial charge is 0.264 e. The van der Waals surface area contributed by atoms with Gasteiger partial charge in [-0.1, -0.05) is 37.9 Å². The zero-order valence-corrected chi connectivity index (χ0v) is 19.1. The second-order valence-electron chi connectivity index (χ2n) is 6.06. The number of rotatable bonds is 5. The highest BCUT2D eigenvalue weighted by atomic mass is 79.9. The van der Waals surface area contributed by atoms with E-state index in [2.05, 4.69) is 37.2 Å². The minimum absolute atomic E-state index is 0.00144. The number of hydrogen-bond acceptors (Lipinski definition) is 3. The molecule has 0 aliphatic carbocycles. The van der Waals surface area contributed by atoms with Gasteiger partial charge in [0.2, 0.25) is 0 Å². The molecule has 9 heteroatoms. The number of halogens is 3. The van der Waals surface area contributed by atoms with E-state index in [4.69, 9.17) is 0 Å². The van der Waals surface area contributed by atoms with E-state index in [0.717, 1.165) is 8.78 Å². The molecular formula is C20H15Br2FN2O3S. The number of carbonyl (C=O) groups is 1. The molecule has 0 aliphatic heterocycles. The number of sulfonamides is 1. The molecule has 3 aromatic rings. The summed E-state index contributed by atoms with van der Waals surface area (Å²) >= 11 is 6.46. The second-order valence-corrected chi connectivity index (χ2v) is 9.86. The first kappa shape index (κ1) is 21.5. The van der Waals surface area contributed by atoms with Crippen LogP contribution >= 0.6 is 31.9 Å². The third kappa shape index (κ3) is 4.85. The fourth-order valence-electron chi connectivity index (χ4n) is 2.53. The SMILES string of the molecule is CN(c1ccc(Br)cc1)S(=O)(=O)c1cccc(C(=O)Nc2ccc(Br)cc2F)c1. The van der Waals surface area contributed by atoms with Gasteiger partial charge < -0.3 is 5.32 Å². The zero-order valence-electron chi connectivity index (χ0n) is 15.1. The molecule has 0 spiro atoms. The quantitative estimate of drug-likeness (QED) is 0.468. The van der Waals surface area contributed by atoms with Crippen molar-refractivity contribution in [2.45, 2.75) is 4.90 Å². The van der Waals surface area contributed by atoms with E-state index < -0.39 is 21.7 Å². The zero-order chi connectivity index (χ0) is 21.2. The molecule has 0 aliphatic rings. The van der Waals surface area contributed by atoms with Crippen molar-refractivity contribution in [3.05, 3.63) is 87.1 Å². The third-order valence-electron chi connectivity index (χ3n) is 4.12. The summed E-state index contributed by atoms with van der Waals surface area (Å²) in [6.45, 7) is 0. The number of hydrogen-bond donors (Lipinski definition) is 1. The van der Waals surface area contributed by atoms with Gasteiger partial charge in [0.15, 0.2) is 0 Å². The fraction of sp³-hybridized carbons (Fsp3) is 0.0500. The molecule has 0 bridgehead atoms. The van der Waals surface area contributed by atoms with E-state index in [1.165, 1.54) is 43.4 Å². The Kier molecular flexibility index (Phi) is 6.40. The van der Waals surface area contributed by atoms with Crippen molar-refractivity contribution in [3.8, 4) is 0 Å². The van der Waals surface area contributed by atoms with Crippen LogP contribution in [0.25, 0.3) is 0 Å². The molecule has 150 valence electrons. The normalized spacial score (nSPS) is 11.2. The van der Waals surface area contributed by atoms with Crippen molar-refractivity contribution in [1.82, 2.24) is 0 Å². The van der Waals surface area contributed by atoms with Gasteiger partial charge in [-0.05, 0) is 60.7 Å². The lowest BCUT2D eigenvalue weighted by molar-refractivity contribution is 0.102. The van der Waals surface area contributed by atoms with E-state index in [9.17, 15) is 17.6 Å². The summed E-state index contributed by atoms with van der Waals surface area (Å²) in [5.41, 5.74) is 0.566. The Morgan fingerprint density at radius 2 is 1.62 bits per heavy atom. The first-order valence-electron chi connectivity index (χ1n) is 8.29. The summed E-state index contributed by atoms with van der Waals surface area (Å²) in [6, 6.07) is 16.6. The van der Waals surface area contributed by atoms with Crippen molar-refractivity contribution < 1.29 is 17.6 Å². The standard InChI is InChI=1S/C20H15Br2FN2O3S/c1-25(16-8-5-14(21)6-9-16)29(27,28)17-4-2-3-13(11-17)20(26)24-19-10-7-15(22)12-18(19)23/h2-12H,1H3,(H,24,26). The summed E-state index contributed by atoms with van der Waals surface area (Å²) in [5.74, 6) is -1.22. The minimum atomic E-state index is -3.89. The fourth-order valence-corrected chi connectivity index (χ4v) is 4.37. The molecule has 0 unspecified atom stereocenters. The first-order chi connectivity index (χ1) is 13.7. The Morgan fingerprint density at radius 1 is 0.966 bits per heavy atom. The van der Waals surface area contributed by atoms with Gasteiger partial charge in [-0.15, -0.1) is 0 Å². The summed E-state index contributed by atoms with van der Waals surface area (Å²) in [6.07, 6.45) is 0. The van der Waals surface area contributed by atoms with Gasteiger partial charge in [-0.3, -0.25) is 9.10 Å². The van der Waals surface area contributed by atoms with Crippen LogP contribution in [0.4, 0.5) is 15.8 Å². The van der Waals surface area contributed by atoms with Gasteiger partial charge in [0.25, 0.3) is 15.9 Å². The molecule has 0 saturated heterocycles. The second kappa shape index (κ2) is 8.64. The van der Waals surface area contributed by atoms with Crippen molar-refractivity contribution in [2.24, 2.45) is 0 Å². The van der Waals surface area contributed by atoms with E-state index in [0.29, 0.717) is 10.2 Å². The van der Waals surface area contributed by atoms with Crippen LogP contribution in [0.3, 0.4) is 0 Å². The molecule has 0 fully saturated rings. The summed E-state index contributed by atoms with van der Waals surface area (Å²) in [5, 5.41) is 2.45. The highest BCUT2D eigenvalue weighted by Gasteiger charge is 2.22. The van der Waals surface area contributed by atoms with Gasteiger partial charge in [0, 0.05) is 21.6 Å². The van der Waals surface area contributed by atoms with E-state index in [1.807, 2.05) is 0 Å². The van der Waals surface area contributed by atoms with E-state index in [-0.39, 0.29) is 16.1 Å². The topological polar surface area (TPSA) is 66.5 Å². The molecule has 5 nitrogen and oxygen atoms in total. The Bertz CT molecular complexity index is 1170. The summed E-state index contributed by atoms with van der Waals surface area (Å²) < 4.78 is 42.4. The number of amides is 1. The molecule has 0 heterocycles. The molecule has 0 saturated carbocycles. The predicted octanol–water partition coefficient (Wildman–Crippen LogP) is 5.43. The molecule has 1 N–H and O–H groups in total. The lowest BCUT2D eigenvalue weighted by atomic mass is 10.2. The van der Waals surface area contributed by atoms with Gasteiger partial charge in [0.05, 0.1) is 16.3 Å². The number of benzene rings is 3. The maximum Gasteiger partial charge on any atom is 0.264 e. The van der Waals surface area contributed by atoms with Gasteiger partial charge in [0.1, 0.15) is 5.82 Å². The average Bonchev–Trinajstić information content (AvgIpc) is 2.70. The number of nitrogens with zero attached hydrogens (tertiary/aromatic N) is 1. The van der Waals surface area contributed by atoms with E-state index >= 15 is 0 Å². The van der Waals surface area contributed by atoms with Crippen LogP contribution in [0.2, 0.25) is 0 Å². The lowest BCUT2D eigenvalue weighted by Crippen LogP contribution is -2.26. The minimum Gasteiger partial charge on any atom is -0.319 e. The monoisotopic (exact) mass is 540 g/mol. The first-order valence-corrected chi connectivity index (χ1v) is 11.3. The summed E-state index contributed by atoms with van der Waals surface area (Å²) in [4.78, 5) is 12.5. The van der Waals surface area contributed by atoms with Gasteiger partial charge in [-0.25, -0.2) is 12.8 Å². The number of nitrogens with one attached hydrogen (secondary N) is 1. The predicted molar refractivity (Wildman–Crippen MR) is 118 cm³/mol. The maximum absolute atomic E-state index is 14.0. The van der Waals surface area contributed by atoms with Crippen LogP contribution in [0.5, 0.6) is 0 Å². The molecule has 0 aromatic heterocycles. The average molecular weight is 542 g/mol. The Labute approximate surface area is 184 Å². The van der Waals surface area contributed by atoms with Crippen LogP contribution in [-0.4, -0.2) is 21.4 Å². The van der Waals surface area contributed by atoms with Crippen molar-refractivity contribution in [3.63, 3.8) is 0 Å². The van der Waals surface area contributed by atoms with Crippen molar-refractivity contribution in [1.29, 1.82) is 0 Å². The number of carbonyl (C=O) groups excluding carboxylic acids is 1. The Morgan fingerprint density at radius 3 is 2.28 bits per heavy atom. The van der Waals surface area contributed by atoms with Gasteiger partial charge in [-0.2, -0.15) is 0 Å². The maximum atomic E-state index is 14.0. The molecule has 0 atom stereocenters. The highest BCUT2D eigenvalue weighted by molar-refractivity contribution is 9.10. The van der Waals surface area contributed by atoms with Gasteiger partial charge >= 0.3 is 0 Å². The molecule has 3 aromatic carbocycles. The lowest BCUT2D eigenvalue weighted by Gasteiger charge is -2.20. The van der Waals surface area contributed by atoms with E-state index in [1.54, 1.807) is 30.3 Å². The molecule has 1 amide bonds. The largest absolute Gasteiger partial charge is 0.319 e. The molecule has 3 rings (SSSR count). The Hall–Kier alpha value is -2.23. The van der Waals surface area contributed by atoms with Crippen molar-refractivity contribution in [2.75, 3.05) is 16.7 Å². The van der Waals surface area contributed by atoms with Crippen molar-refractivity contribution >= 4 is 59.2 Å². The van der Waals surface area contributed by atoms with Crippen LogP contribution < -0.4 is 9.62 Å². The molecule has 0 radical (unpaired) electrons. The molecular weight excluding hydrogens is 527 g/mol. The molecule has 29 heavy (non-hydrogen) atoms. The number of anilines is 2. The summed E-state index contributed by atoms with van der Waals surface area (Å²) in [7, 11) is -2.46. The third-order valence-corrected chi connectivity index (χ3v) is 6.93. The van der Waals surface area contributed by atoms with Crippen LogP contribution in [0.1, 0.15) is 10.4 Å². The van der Waals surface area contributed by atoms with Crippen LogP contribution in [0.15, 0.2) is 80.6 Å². The highest BCUT2D eigenvalue weighted by Crippen LogP contribution is 2.25.